The molecule has 0 fully saturated rings. The average molecular weight is 362 g/mol. The molecule has 0 aromatic heterocycles. The summed E-state index contributed by atoms with van der Waals surface area (Å²) < 4.78 is 5.69. The lowest BCUT2D eigenvalue weighted by Crippen LogP contribution is -2.52. The van der Waals surface area contributed by atoms with E-state index in [0.717, 1.165) is 0 Å². The predicted octanol–water partition coefficient (Wildman–Crippen LogP) is -0.0170. The van der Waals surface area contributed by atoms with Crippen molar-refractivity contribution in [2.75, 3.05) is 38.6 Å². The van der Waals surface area contributed by atoms with Crippen LogP contribution in [0.5, 0.6) is 5.75 Å². The van der Waals surface area contributed by atoms with E-state index >= 15 is 0 Å². The highest BCUT2D eigenvalue weighted by molar-refractivity contribution is 5.98. The number of fused-ring (bicyclic) bond motifs is 1. The van der Waals surface area contributed by atoms with E-state index in [1.54, 1.807) is 30.1 Å². The molecule has 8 nitrogen and oxygen atoms in total. The number of hydrogen-bond acceptors (Lipinski definition) is 5. The van der Waals surface area contributed by atoms with Crippen LogP contribution in [0.1, 0.15) is 13.8 Å². The number of likely N-dealkylation sites (N-methyl/N-ethyl adjacent to an activating group) is 2. The first-order chi connectivity index (χ1) is 12.3. The smallest absolute Gasteiger partial charge is 0.262 e. The molecule has 1 heterocycles. The number of nitrogens with one attached hydrogen (secondary N) is 2. The van der Waals surface area contributed by atoms with Crippen molar-refractivity contribution in [3.63, 3.8) is 0 Å². The molecule has 0 unspecified atom stereocenters. The topological polar surface area (TPSA) is 91.0 Å². The van der Waals surface area contributed by atoms with Crippen molar-refractivity contribution in [1.29, 1.82) is 0 Å². The highest BCUT2D eigenvalue weighted by atomic mass is 16.5. The van der Waals surface area contributed by atoms with Gasteiger partial charge in [0, 0.05) is 13.1 Å². The molecule has 2 N–H and O–H groups in total. The average Bonchev–Trinajstić information content (AvgIpc) is 2.58. The van der Waals surface area contributed by atoms with E-state index < -0.39 is 6.10 Å². The SMILES string of the molecule is CNC(=O)[C@H]1CN(C(=O)CN(C)CC(=O)NC(C)C)c2ccccc2O1. The van der Waals surface area contributed by atoms with Crippen LogP contribution in [-0.2, 0) is 14.4 Å². The van der Waals surface area contributed by atoms with Crippen molar-refractivity contribution in [1.82, 2.24) is 15.5 Å². The first-order valence-corrected chi connectivity index (χ1v) is 8.57. The Labute approximate surface area is 153 Å². The summed E-state index contributed by atoms with van der Waals surface area (Å²) in [6, 6.07) is 7.15. The second-order valence-corrected chi connectivity index (χ2v) is 6.59. The molecule has 1 aliphatic rings. The van der Waals surface area contributed by atoms with E-state index in [-0.39, 0.29) is 43.4 Å². The maximum Gasteiger partial charge on any atom is 0.262 e. The molecule has 142 valence electrons. The van der Waals surface area contributed by atoms with Gasteiger partial charge in [0.05, 0.1) is 25.3 Å². The zero-order valence-electron chi connectivity index (χ0n) is 15.6. The van der Waals surface area contributed by atoms with Crippen LogP contribution in [0.3, 0.4) is 0 Å². The van der Waals surface area contributed by atoms with Crippen molar-refractivity contribution in [3.05, 3.63) is 24.3 Å². The van der Waals surface area contributed by atoms with Crippen LogP contribution in [0.2, 0.25) is 0 Å². The van der Waals surface area contributed by atoms with E-state index in [1.165, 1.54) is 11.9 Å². The molecule has 0 aliphatic carbocycles. The molecular formula is C18H26N4O4. The number of benzene rings is 1. The Balaban J connectivity index is 2.09. The minimum Gasteiger partial charge on any atom is -0.477 e. The summed E-state index contributed by atoms with van der Waals surface area (Å²) in [6.45, 7) is 4.07. The van der Waals surface area contributed by atoms with Gasteiger partial charge in [0.25, 0.3) is 5.91 Å². The molecule has 0 saturated carbocycles. The van der Waals surface area contributed by atoms with Gasteiger partial charge in [-0.2, -0.15) is 0 Å². The summed E-state index contributed by atoms with van der Waals surface area (Å²) in [5, 5.41) is 5.34. The third-order valence-corrected chi connectivity index (χ3v) is 3.88. The highest BCUT2D eigenvalue weighted by Crippen LogP contribution is 2.33. The Morgan fingerprint density at radius 2 is 1.96 bits per heavy atom. The summed E-state index contributed by atoms with van der Waals surface area (Å²) in [7, 11) is 3.24. The number of hydrogen-bond donors (Lipinski definition) is 2. The molecule has 8 heteroatoms. The number of amides is 3. The molecule has 1 aliphatic heterocycles. The van der Waals surface area contributed by atoms with Gasteiger partial charge in [-0.05, 0) is 33.0 Å². The van der Waals surface area contributed by atoms with Crippen LogP contribution < -0.4 is 20.3 Å². The largest absolute Gasteiger partial charge is 0.477 e. The fraction of sp³-hybridized carbons (Fsp3) is 0.500. The van der Waals surface area contributed by atoms with Crippen molar-refractivity contribution >= 4 is 23.4 Å². The van der Waals surface area contributed by atoms with Gasteiger partial charge in [0.2, 0.25) is 11.8 Å². The number of para-hydroxylation sites is 2. The van der Waals surface area contributed by atoms with E-state index in [4.69, 9.17) is 4.74 Å². The maximum absolute atomic E-state index is 12.8. The minimum atomic E-state index is -0.770. The molecule has 2 rings (SSSR count). The number of anilines is 1. The highest BCUT2D eigenvalue weighted by Gasteiger charge is 2.33. The van der Waals surface area contributed by atoms with Crippen molar-refractivity contribution in [3.8, 4) is 5.75 Å². The summed E-state index contributed by atoms with van der Waals surface area (Å²) in [4.78, 5) is 39.8. The van der Waals surface area contributed by atoms with Crippen molar-refractivity contribution < 1.29 is 19.1 Å². The van der Waals surface area contributed by atoms with Gasteiger partial charge in [0.1, 0.15) is 5.75 Å². The molecule has 0 radical (unpaired) electrons. The monoisotopic (exact) mass is 362 g/mol. The summed E-state index contributed by atoms with van der Waals surface area (Å²) in [5.74, 6) is -0.140. The van der Waals surface area contributed by atoms with Gasteiger partial charge < -0.3 is 20.3 Å². The fourth-order valence-electron chi connectivity index (χ4n) is 2.75. The standard InChI is InChI=1S/C18H26N4O4/c1-12(2)20-16(23)10-21(4)11-17(24)22-9-15(18(25)19-3)26-14-8-6-5-7-13(14)22/h5-8,12,15H,9-11H2,1-4H3,(H,19,25)(H,20,23)/t15-/m1/s1. The van der Waals surface area contributed by atoms with Gasteiger partial charge in [-0.3, -0.25) is 19.3 Å². The van der Waals surface area contributed by atoms with Gasteiger partial charge in [0.15, 0.2) is 6.10 Å². The molecule has 0 bridgehead atoms. The van der Waals surface area contributed by atoms with E-state index in [0.29, 0.717) is 11.4 Å². The Morgan fingerprint density at radius 3 is 2.62 bits per heavy atom. The summed E-state index contributed by atoms with van der Waals surface area (Å²) in [5.41, 5.74) is 0.623. The molecule has 3 amide bonds. The van der Waals surface area contributed by atoms with Crippen LogP contribution in [0, 0.1) is 0 Å². The second-order valence-electron chi connectivity index (χ2n) is 6.59. The molecule has 0 saturated heterocycles. The van der Waals surface area contributed by atoms with E-state index in [2.05, 4.69) is 10.6 Å². The molecule has 1 aromatic carbocycles. The first kappa shape index (κ1) is 19.7. The fourth-order valence-corrected chi connectivity index (χ4v) is 2.75. The van der Waals surface area contributed by atoms with Crippen molar-refractivity contribution in [2.45, 2.75) is 26.0 Å². The molecule has 1 aromatic rings. The Bertz CT molecular complexity index is 677. The maximum atomic E-state index is 12.8. The predicted molar refractivity (Wildman–Crippen MR) is 98.1 cm³/mol. The van der Waals surface area contributed by atoms with Gasteiger partial charge in [-0.25, -0.2) is 0 Å². The number of ether oxygens (including phenoxy) is 1. The van der Waals surface area contributed by atoms with Crippen molar-refractivity contribution in [2.24, 2.45) is 0 Å². The third-order valence-electron chi connectivity index (χ3n) is 3.88. The van der Waals surface area contributed by atoms with E-state index in [1.807, 2.05) is 19.9 Å². The Morgan fingerprint density at radius 1 is 1.27 bits per heavy atom. The lowest BCUT2D eigenvalue weighted by Gasteiger charge is -2.34. The summed E-state index contributed by atoms with van der Waals surface area (Å²) >= 11 is 0. The zero-order chi connectivity index (χ0) is 19.3. The normalized spacial score (nSPS) is 16.1. The van der Waals surface area contributed by atoms with Crippen LogP contribution in [0.4, 0.5) is 5.69 Å². The van der Waals surface area contributed by atoms with Crippen LogP contribution in [-0.4, -0.2) is 68.5 Å². The molecule has 0 spiro atoms. The number of carbonyl (C=O) groups is 3. The van der Waals surface area contributed by atoms with Crippen LogP contribution in [0.25, 0.3) is 0 Å². The number of nitrogens with zero attached hydrogens (tertiary/aromatic N) is 2. The Kier molecular flexibility index (Phi) is 6.57. The Hall–Kier alpha value is -2.61. The molecule has 26 heavy (non-hydrogen) atoms. The number of rotatable bonds is 6. The minimum absolute atomic E-state index is 0.0473. The number of carbonyl (C=O) groups excluding carboxylic acids is 3. The van der Waals surface area contributed by atoms with E-state index in [9.17, 15) is 14.4 Å². The first-order valence-electron chi connectivity index (χ1n) is 8.57. The third kappa shape index (κ3) is 4.95. The van der Waals surface area contributed by atoms with Crippen LogP contribution in [0.15, 0.2) is 24.3 Å². The zero-order valence-corrected chi connectivity index (χ0v) is 15.6. The van der Waals surface area contributed by atoms with Gasteiger partial charge in [-0.15, -0.1) is 0 Å². The van der Waals surface area contributed by atoms with Gasteiger partial charge >= 0.3 is 0 Å². The molecule has 1 atom stereocenters. The molecular weight excluding hydrogens is 336 g/mol. The lowest BCUT2D eigenvalue weighted by atomic mass is 10.1. The van der Waals surface area contributed by atoms with Gasteiger partial charge in [-0.1, -0.05) is 12.1 Å². The second kappa shape index (κ2) is 8.66. The lowest BCUT2D eigenvalue weighted by molar-refractivity contribution is -0.128. The quantitative estimate of drug-likeness (QED) is 0.742. The van der Waals surface area contributed by atoms with Crippen LogP contribution >= 0.6 is 0 Å². The summed E-state index contributed by atoms with van der Waals surface area (Å²) in [6.07, 6.45) is -0.770.